The molecule has 2 aromatic rings. The average molecular weight is 355 g/mol. The molecule has 0 atom stereocenters. The van der Waals surface area contributed by atoms with Crippen LogP contribution in [0.3, 0.4) is 0 Å². The predicted octanol–water partition coefficient (Wildman–Crippen LogP) is 0.958. The number of methoxy groups -OCH3 is 1. The van der Waals surface area contributed by atoms with Gasteiger partial charge < -0.3 is 15.4 Å². The van der Waals surface area contributed by atoms with Gasteiger partial charge in [-0.25, -0.2) is 9.78 Å². The Labute approximate surface area is 153 Å². The fourth-order valence-electron chi connectivity index (χ4n) is 2.93. The first-order valence-electron chi connectivity index (χ1n) is 8.87. The molecule has 7 heteroatoms. The standard InChI is InChI=1S/C19H25N5O2/c1-26-19(25)18-7-3-6-17(23-18)14-24-11-10-20-8-9-21-12-15-4-2-5-16(13-24)22-15/h2-7,20-21H,8-14H2,1H3. The first-order chi connectivity index (χ1) is 12.7. The highest BCUT2D eigenvalue weighted by molar-refractivity contribution is 5.87. The van der Waals surface area contributed by atoms with Gasteiger partial charge in [-0.1, -0.05) is 12.1 Å². The summed E-state index contributed by atoms with van der Waals surface area (Å²) in [5, 5.41) is 6.84. The van der Waals surface area contributed by atoms with E-state index in [0.717, 1.165) is 56.4 Å². The van der Waals surface area contributed by atoms with Gasteiger partial charge in [-0.2, -0.15) is 0 Å². The molecule has 7 nitrogen and oxygen atoms in total. The Hall–Kier alpha value is -2.35. The van der Waals surface area contributed by atoms with E-state index in [1.807, 2.05) is 24.3 Å². The third kappa shape index (κ3) is 5.32. The summed E-state index contributed by atoms with van der Waals surface area (Å²) in [5.41, 5.74) is 3.27. The van der Waals surface area contributed by atoms with Crippen LogP contribution < -0.4 is 10.6 Å². The highest BCUT2D eigenvalue weighted by atomic mass is 16.5. The zero-order valence-corrected chi connectivity index (χ0v) is 15.1. The Kier molecular flexibility index (Phi) is 6.65. The van der Waals surface area contributed by atoms with E-state index < -0.39 is 5.97 Å². The molecule has 3 heterocycles. The summed E-state index contributed by atoms with van der Waals surface area (Å²) in [6.07, 6.45) is 0. The molecule has 0 fully saturated rings. The van der Waals surface area contributed by atoms with Crippen LogP contribution in [0.15, 0.2) is 36.4 Å². The minimum absolute atomic E-state index is 0.337. The van der Waals surface area contributed by atoms with Crippen molar-refractivity contribution in [2.75, 3.05) is 33.3 Å². The first-order valence-corrected chi connectivity index (χ1v) is 8.87. The molecule has 0 spiro atoms. The summed E-state index contributed by atoms with van der Waals surface area (Å²) in [5.74, 6) is -0.413. The number of carbonyl (C=O) groups excluding carboxylic acids is 1. The molecule has 2 bridgehead atoms. The Morgan fingerprint density at radius 3 is 2.77 bits per heavy atom. The van der Waals surface area contributed by atoms with Gasteiger partial charge in [-0.05, 0) is 24.3 Å². The number of fused-ring (bicyclic) bond motifs is 2. The van der Waals surface area contributed by atoms with E-state index in [0.29, 0.717) is 12.2 Å². The number of pyridine rings is 2. The maximum Gasteiger partial charge on any atom is 0.356 e. The van der Waals surface area contributed by atoms with Crippen molar-refractivity contribution >= 4 is 5.97 Å². The summed E-state index contributed by atoms with van der Waals surface area (Å²) in [7, 11) is 1.37. The van der Waals surface area contributed by atoms with Crippen LogP contribution >= 0.6 is 0 Å². The second-order valence-electron chi connectivity index (χ2n) is 6.26. The van der Waals surface area contributed by atoms with Gasteiger partial charge in [0.05, 0.1) is 24.2 Å². The molecule has 0 radical (unpaired) electrons. The van der Waals surface area contributed by atoms with Crippen LogP contribution in [0.25, 0.3) is 0 Å². The summed E-state index contributed by atoms with van der Waals surface area (Å²) in [6, 6.07) is 11.6. The maximum absolute atomic E-state index is 11.7. The molecule has 2 aromatic heterocycles. The Bertz CT molecular complexity index is 737. The van der Waals surface area contributed by atoms with Crippen LogP contribution in [-0.2, 0) is 24.4 Å². The van der Waals surface area contributed by atoms with Crippen LogP contribution in [0.1, 0.15) is 27.6 Å². The van der Waals surface area contributed by atoms with Gasteiger partial charge in [0.2, 0.25) is 0 Å². The van der Waals surface area contributed by atoms with E-state index in [9.17, 15) is 4.79 Å². The second kappa shape index (κ2) is 9.38. The Balaban J connectivity index is 1.75. The van der Waals surface area contributed by atoms with Crippen molar-refractivity contribution < 1.29 is 9.53 Å². The van der Waals surface area contributed by atoms with E-state index in [1.165, 1.54) is 7.11 Å². The Morgan fingerprint density at radius 2 is 1.88 bits per heavy atom. The Morgan fingerprint density at radius 1 is 1.08 bits per heavy atom. The topological polar surface area (TPSA) is 79.4 Å². The lowest BCUT2D eigenvalue weighted by Crippen LogP contribution is -2.35. The van der Waals surface area contributed by atoms with Gasteiger partial charge in [-0.15, -0.1) is 0 Å². The normalized spacial score (nSPS) is 16.3. The zero-order chi connectivity index (χ0) is 18.2. The number of nitrogens with one attached hydrogen (secondary N) is 2. The number of nitrogens with zero attached hydrogens (tertiary/aromatic N) is 3. The van der Waals surface area contributed by atoms with Crippen molar-refractivity contribution in [1.82, 2.24) is 25.5 Å². The molecular formula is C19H25N5O2. The van der Waals surface area contributed by atoms with Crippen molar-refractivity contribution in [2.45, 2.75) is 19.6 Å². The van der Waals surface area contributed by atoms with Crippen LogP contribution in [0.2, 0.25) is 0 Å². The van der Waals surface area contributed by atoms with Crippen LogP contribution in [0.4, 0.5) is 0 Å². The van der Waals surface area contributed by atoms with Crippen LogP contribution in [-0.4, -0.2) is 54.1 Å². The number of carbonyl (C=O) groups is 1. The number of rotatable bonds is 3. The molecule has 0 unspecified atom stereocenters. The zero-order valence-electron chi connectivity index (χ0n) is 15.1. The van der Waals surface area contributed by atoms with Crippen molar-refractivity contribution in [3.8, 4) is 0 Å². The highest BCUT2D eigenvalue weighted by Crippen LogP contribution is 2.09. The van der Waals surface area contributed by atoms with Crippen LogP contribution in [0, 0.1) is 0 Å². The molecule has 0 aliphatic carbocycles. The molecule has 0 amide bonds. The van der Waals surface area contributed by atoms with Crippen molar-refractivity contribution in [2.24, 2.45) is 0 Å². The summed E-state index contributed by atoms with van der Waals surface area (Å²) < 4.78 is 4.76. The molecule has 138 valence electrons. The van der Waals surface area contributed by atoms with Crippen molar-refractivity contribution in [3.63, 3.8) is 0 Å². The van der Waals surface area contributed by atoms with Crippen molar-refractivity contribution in [1.29, 1.82) is 0 Å². The third-order valence-electron chi connectivity index (χ3n) is 4.23. The van der Waals surface area contributed by atoms with E-state index in [1.54, 1.807) is 6.07 Å². The molecule has 1 aliphatic heterocycles. The lowest BCUT2D eigenvalue weighted by molar-refractivity contribution is 0.0593. The molecule has 2 N–H and O–H groups in total. The largest absolute Gasteiger partial charge is 0.464 e. The maximum atomic E-state index is 11.7. The second-order valence-corrected chi connectivity index (χ2v) is 6.26. The first kappa shape index (κ1) is 18.4. The van der Waals surface area contributed by atoms with E-state index >= 15 is 0 Å². The number of ether oxygens (including phenoxy) is 1. The van der Waals surface area contributed by atoms with Gasteiger partial charge >= 0.3 is 5.97 Å². The molecule has 26 heavy (non-hydrogen) atoms. The van der Waals surface area contributed by atoms with Gasteiger partial charge in [0.1, 0.15) is 5.69 Å². The fourth-order valence-corrected chi connectivity index (χ4v) is 2.93. The van der Waals surface area contributed by atoms with Gasteiger partial charge in [0.15, 0.2) is 0 Å². The van der Waals surface area contributed by atoms with Gasteiger partial charge in [0.25, 0.3) is 0 Å². The monoisotopic (exact) mass is 355 g/mol. The van der Waals surface area contributed by atoms with Crippen molar-refractivity contribution in [3.05, 3.63) is 59.2 Å². The summed E-state index contributed by atoms with van der Waals surface area (Å²) in [6.45, 7) is 5.75. The molecule has 0 aromatic carbocycles. The predicted molar refractivity (Wildman–Crippen MR) is 98.5 cm³/mol. The van der Waals surface area contributed by atoms with Gasteiger partial charge in [0, 0.05) is 45.8 Å². The lowest BCUT2D eigenvalue weighted by atomic mass is 10.2. The summed E-state index contributed by atoms with van der Waals surface area (Å²) >= 11 is 0. The lowest BCUT2D eigenvalue weighted by Gasteiger charge is -2.23. The van der Waals surface area contributed by atoms with E-state index in [2.05, 4.69) is 26.6 Å². The quantitative estimate of drug-likeness (QED) is 0.794. The van der Waals surface area contributed by atoms with Gasteiger partial charge in [-0.3, -0.25) is 9.88 Å². The number of hydrogen-bond acceptors (Lipinski definition) is 7. The molecule has 3 rings (SSSR count). The highest BCUT2D eigenvalue weighted by Gasteiger charge is 2.13. The number of aromatic nitrogens is 2. The third-order valence-corrected chi connectivity index (χ3v) is 4.23. The molecular weight excluding hydrogens is 330 g/mol. The fraction of sp³-hybridized carbons (Fsp3) is 0.421. The average Bonchev–Trinajstić information content (AvgIpc) is 2.66. The van der Waals surface area contributed by atoms with Crippen LogP contribution in [0.5, 0.6) is 0 Å². The number of esters is 1. The van der Waals surface area contributed by atoms with E-state index in [4.69, 9.17) is 9.72 Å². The summed E-state index contributed by atoms with van der Waals surface area (Å²) in [4.78, 5) is 23.2. The minimum atomic E-state index is -0.413. The molecule has 0 saturated carbocycles. The van der Waals surface area contributed by atoms with E-state index in [-0.39, 0.29) is 0 Å². The SMILES string of the molecule is COC(=O)c1cccc(CN2CCNCCNCc3cccc(n3)C2)n1. The number of hydrogen-bond donors (Lipinski definition) is 2. The minimum Gasteiger partial charge on any atom is -0.464 e. The smallest absolute Gasteiger partial charge is 0.356 e. The molecule has 0 saturated heterocycles. The molecule has 1 aliphatic rings.